The van der Waals surface area contributed by atoms with Crippen LogP contribution in [-0.2, 0) is 5.41 Å². The van der Waals surface area contributed by atoms with E-state index < -0.39 is 5.41 Å². The van der Waals surface area contributed by atoms with Gasteiger partial charge in [0.2, 0.25) is 0 Å². The van der Waals surface area contributed by atoms with Crippen molar-refractivity contribution in [1.82, 2.24) is 4.57 Å². The molecule has 0 N–H and O–H groups in total. The maximum atomic E-state index is 2.61. The molecule has 2 aliphatic rings. The van der Waals surface area contributed by atoms with Gasteiger partial charge in [0.15, 0.2) is 0 Å². The maximum Gasteiger partial charge on any atom is 0.0755 e. The normalized spacial score (nSPS) is 13.9. The number of nitrogens with zero attached hydrogens (tertiary/aromatic N) is 4. The zero-order valence-electron chi connectivity index (χ0n) is 50.4. The fraction of sp³-hybridized carbons (Fsp3) is 0.0227. The predicted octanol–water partition coefficient (Wildman–Crippen LogP) is 23.4. The first kappa shape index (κ1) is 53.1. The Balaban J connectivity index is 0.876. The van der Waals surface area contributed by atoms with E-state index >= 15 is 0 Å². The van der Waals surface area contributed by atoms with E-state index in [2.05, 4.69) is 377 Å². The van der Waals surface area contributed by atoms with Crippen LogP contribution in [0.15, 0.2) is 358 Å². The Kier molecular flexibility index (Phi) is 12.5. The first-order chi connectivity index (χ1) is 45.7. The Morgan fingerprint density at radius 1 is 0.261 bits per heavy atom. The van der Waals surface area contributed by atoms with Crippen molar-refractivity contribution in [2.45, 2.75) is 11.3 Å². The minimum absolute atomic E-state index is 0.135. The van der Waals surface area contributed by atoms with Gasteiger partial charge in [-0.3, -0.25) is 0 Å². The molecule has 1 aliphatic carbocycles. The third-order valence-corrected chi connectivity index (χ3v) is 19.4. The number of hydrogen-bond acceptors (Lipinski definition) is 3. The smallest absolute Gasteiger partial charge is 0.0755 e. The van der Waals surface area contributed by atoms with Crippen LogP contribution < -0.4 is 14.7 Å². The second kappa shape index (κ2) is 21.7. The SMILES string of the molecule is c1ccc(N(c2ccccc2)c2ccc(C(c3ccc4c(c3)C3(c5cc(N(c6ccc(N(c7ccccc7)c7ccccc7)cc6)c6cccc7ccccc67)ccc5-4)c4ccccc4-n4c5ccccc5c5cccc3c54)c3cccc4ccccc34)cc2)cc1. The van der Waals surface area contributed by atoms with Crippen LogP contribution in [0.5, 0.6) is 0 Å². The highest BCUT2D eigenvalue weighted by molar-refractivity contribution is 6.13. The molecule has 1 spiro atoms. The van der Waals surface area contributed by atoms with Gasteiger partial charge in [0.25, 0.3) is 0 Å². The summed E-state index contributed by atoms with van der Waals surface area (Å²) in [5, 5.41) is 7.33. The summed E-state index contributed by atoms with van der Waals surface area (Å²) in [6.07, 6.45) is 0. The van der Waals surface area contributed by atoms with E-state index in [1.54, 1.807) is 0 Å². The molecule has 1 aromatic heterocycles. The molecule has 432 valence electrons. The number of para-hydroxylation sites is 7. The fourth-order valence-electron chi connectivity index (χ4n) is 15.6. The van der Waals surface area contributed by atoms with E-state index in [9.17, 15) is 0 Å². The lowest BCUT2D eigenvalue weighted by Gasteiger charge is -2.40. The van der Waals surface area contributed by atoms with Gasteiger partial charge in [0.05, 0.1) is 27.8 Å². The van der Waals surface area contributed by atoms with Gasteiger partial charge in [-0.15, -0.1) is 0 Å². The first-order valence-corrected chi connectivity index (χ1v) is 31.9. The largest absolute Gasteiger partial charge is 0.311 e. The highest BCUT2D eigenvalue weighted by Crippen LogP contribution is 2.63. The Labute approximate surface area is 535 Å². The van der Waals surface area contributed by atoms with Crippen molar-refractivity contribution in [3.05, 3.63) is 397 Å². The van der Waals surface area contributed by atoms with E-state index in [1.807, 2.05) is 0 Å². The zero-order valence-corrected chi connectivity index (χ0v) is 50.4. The summed E-state index contributed by atoms with van der Waals surface area (Å²) >= 11 is 0. The summed E-state index contributed by atoms with van der Waals surface area (Å²) in [5.41, 5.74) is 24.0. The lowest BCUT2D eigenvalue weighted by Crippen LogP contribution is -2.33. The van der Waals surface area contributed by atoms with Crippen LogP contribution in [0.25, 0.3) is 60.2 Å². The molecule has 16 aromatic rings. The van der Waals surface area contributed by atoms with E-state index in [1.165, 1.54) is 99.1 Å². The van der Waals surface area contributed by atoms with Gasteiger partial charge in [-0.05, 0) is 181 Å². The molecule has 0 saturated carbocycles. The van der Waals surface area contributed by atoms with Crippen molar-refractivity contribution >= 4 is 94.5 Å². The highest BCUT2D eigenvalue weighted by Gasteiger charge is 2.51. The van der Waals surface area contributed by atoms with Gasteiger partial charge in [-0.25, -0.2) is 0 Å². The van der Waals surface area contributed by atoms with Gasteiger partial charge >= 0.3 is 0 Å². The summed E-state index contributed by atoms with van der Waals surface area (Å²) in [7, 11) is 0. The lowest BCUT2D eigenvalue weighted by atomic mass is 9.65. The molecule has 92 heavy (non-hydrogen) atoms. The van der Waals surface area contributed by atoms with Crippen molar-refractivity contribution in [2.24, 2.45) is 0 Å². The summed E-state index contributed by atoms with van der Waals surface area (Å²) in [5.74, 6) is -0.135. The molecular formula is C88H60N4. The second-order valence-electron chi connectivity index (χ2n) is 24.3. The van der Waals surface area contributed by atoms with Crippen LogP contribution in [0.2, 0.25) is 0 Å². The van der Waals surface area contributed by atoms with E-state index in [0.717, 1.165) is 51.2 Å². The van der Waals surface area contributed by atoms with E-state index in [0.29, 0.717) is 0 Å². The van der Waals surface area contributed by atoms with Gasteiger partial charge in [0, 0.05) is 67.6 Å². The van der Waals surface area contributed by atoms with Crippen molar-refractivity contribution in [1.29, 1.82) is 0 Å². The number of anilines is 9. The predicted molar refractivity (Wildman–Crippen MR) is 385 cm³/mol. The molecule has 0 saturated heterocycles. The Hall–Kier alpha value is -12.0. The van der Waals surface area contributed by atoms with Crippen molar-refractivity contribution in [3.8, 4) is 16.8 Å². The molecule has 18 rings (SSSR count). The third-order valence-electron chi connectivity index (χ3n) is 19.4. The molecule has 2 heterocycles. The average molecular weight is 1170 g/mol. The molecule has 0 amide bonds. The highest BCUT2D eigenvalue weighted by atomic mass is 15.2. The van der Waals surface area contributed by atoms with E-state index in [-0.39, 0.29) is 5.92 Å². The summed E-state index contributed by atoms with van der Waals surface area (Å²) in [6.45, 7) is 0. The minimum atomic E-state index is -0.768. The number of aromatic nitrogens is 1. The average Bonchev–Trinajstić information content (AvgIpc) is 1.47. The van der Waals surface area contributed by atoms with Gasteiger partial charge in [-0.2, -0.15) is 0 Å². The molecule has 0 bridgehead atoms. The van der Waals surface area contributed by atoms with Crippen LogP contribution >= 0.6 is 0 Å². The topological polar surface area (TPSA) is 14.7 Å². The maximum absolute atomic E-state index is 2.61. The molecule has 4 nitrogen and oxygen atoms in total. The number of fused-ring (bicyclic) bond motifs is 14. The van der Waals surface area contributed by atoms with Crippen LogP contribution in [0, 0.1) is 0 Å². The standard InChI is InChI=1S/C88H60N4/c1-5-28-64(29-6-1)89(65-30-7-2-8-31-65)68-49-46-62(47-50-68)86(77-39-21-26-60-24-13-15-36-72(60)77)63-48-56-74-75-57-55-71(59-82(75)88(81(74)58-63)79-41-18-20-44-85(79)92-84-43-19-17-38-76(84)78-40-23-42-80(88)87(78)92)91(83-45-22-27-61-25-14-16-37-73(61)83)70-53-51-69(52-54-70)90(66-32-9-3-10-33-66)67-34-11-4-12-35-67/h1-59,86H. The summed E-state index contributed by atoms with van der Waals surface area (Å²) < 4.78 is 2.55. The Bertz CT molecular complexity index is 5120. The van der Waals surface area contributed by atoms with Gasteiger partial charge in [0.1, 0.15) is 0 Å². The lowest BCUT2D eigenvalue weighted by molar-refractivity contribution is 0.746. The van der Waals surface area contributed by atoms with Gasteiger partial charge in [-0.1, -0.05) is 243 Å². The molecule has 4 heteroatoms. The minimum Gasteiger partial charge on any atom is -0.311 e. The van der Waals surface area contributed by atoms with Crippen LogP contribution in [0.4, 0.5) is 51.2 Å². The van der Waals surface area contributed by atoms with Crippen LogP contribution in [0.3, 0.4) is 0 Å². The van der Waals surface area contributed by atoms with Crippen LogP contribution in [0.1, 0.15) is 44.9 Å². The van der Waals surface area contributed by atoms with Crippen LogP contribution in [-0.4, -0.2) is 4.57 Å². The molecule has 15 aromatic carbocycles. The van der Waals surface area contributed by atoms with Gasteiger partial charge < -0.3 is 19.3 Å². The van der Waals surface area contributed by atoms with E-state index in [4.69, 9.17) is 0 Å². The molecule has 1 aliphatic heterocycles. The zero-order chi connectivity index (χ0) is 60.7. The molecular weight excluding hydrogens is 1110 g/mol. The van der Waals surface area contributed by atoms with Crippen molar-refractivity contribution < 1.29 is 0 Å². The Morgan fingerprint density at radius 3 is 1.33 bits per heavy atom. The quantitative estimate of drug-likeness (QED) is 0.113. The molecule has 0 radical (unpaired) electrons. The molecule has 2 unspecified atom stereocenters. The monoisotopic (exact) mass is 1170 g/mol. The van der Waals surface area contributed by atoms with Crippen molar-refractivity contribution in [2.75, 3.05) is 14.7 Å². The summed E-state index contributed by atoms with van der Waals surface area (Å²) in [4.78, 5) is 7.18. The number of hydrogen-bond donors (Lipinski definition) is 0. The fourth-order valence-corrected chi connectivity index (χ4v) is 15.6. The third kappa shape index (κ3) is 8.31. The second-order valence-corrected chi connectivity index (χ2v) is 24.3. The van der Waals surface area contributed by atoms with Crippen molar-refractivity contribution in [3.63, 3.8) is 0 Å². The number of rotatable bonds is 12. The first-order valence-electron chi connectivity index (χ1n) is 31.9. The molecule has 0 fully saturated rings. The number of benzene rings is 15. The summed E-state index contributed by atoms with van der Waals surface area (Å²) in [6, 6.07) is 133. The Morgan fingerprint density at radius 2 is 0.685 bits per heavy atom. The molecule has 2 atom stereocenters.